The quantitative estimate of drug-likeness (QED) is 0.801. The van der Waals surface area contributed by atoms with Crippen molar-refractivity contribution in [3.8, 4) is 0 Å². The summed E-state index contributed by atoms with van der Waals surface area (Å²) in [5.74, 6) is -0.211. The predicted molar refractivity (Wildman–Crippen MR) is 86.6 cm³/mol. The molecule has 1 aromatic heterocycles. The first-order valence-electron chi connectivity index (χ1n) is 7.15. The molecule has 1 aliphatic heterocycles. The van der Waals surface area contributed by atoms with Crippen LogP contribution >= 0.6 is 11.8 Å². The van der Waals surface area contributed by atoms with Crippen molar-refractivity contribution < 1.29 is 23.5 Å². The zero-order valence-corrected chi connectivity index (χ0v) is 13.4. The van der Waals surface area contributed by atoms with Crippen LogP contribution in [0.1, 0.15) is 16.1 Å². The monoisotopic (exact) mass is 346 g/mol. The van der Waals surface area contributed by atoms with Gasteiger partial charge in [-0.3, -0.25) is 9.59 Å². The van der Waals surface area contributed by atoms with Crippen LogP contribution in [0.4, 0.5) is 5.69 Å². The summed E-state index contributed by atoms with van der Waals surface area (Å²) in [4.78, 5) is 35.9. The Hall–Kier alpha value is -2.74. The molecule has 0 aliphatic carbocycles. The Morgan fingerprint density at radius 2 is 2.21 bits per heavy atom. The van der Waals surface area contributed by atoms with Gasteiger partial charge in [-0.25, -0.2) is 4.79 Å². The fraction of sp³-hybridized carbons (Fsp3) is 0.188. The molecule has 0 bridgehead atoms. The number of benzene rings is 1. The molecule has 0 atom stereocenters. The zero-order chi connectivity index (χ0) is 16.9. The molecule has 2 amide bonds. The van der Waals surface area contributed by atoms with Crippen LogP contribution in [-0.2, 0) is 20.9 Å². The summed E-state index contributed by atoms with van der Waals surface area (Å²) in [5, 5.41) is 5.28. The van der Waals surface area contributed by atoms with Gasteiger partial charge in [-0.1, -0.05) is 0 Å². The Labute approximate surface area is 141 Å². The van der Waals surface area contributed by atoms with Gasteiger partial charge in [-0.2, -0.15) is 0 Å². The fourth-order valence-electron chi connectivity index (χ4n) is 2.07. The van der Waals surface area contributed by atoms with E-state index in [4.69, 9.17) is 9.15 Å². The minimum Gasteiger partial charge on any atom is -0.467 e. The first-order chi connectivity index (χ1) is 11.6. The van der Waals surface area contributed by atoms with Gasteiger partial charge in [0, 0.05) is 4.90 Å². The van der Waals surface area contributed by atoms with E-state index in [-0.39, 0.29) is 18.0 Å². The number of anilines is 1. The lowest BCUT2D eigenvalue weighted by molar-refractivity contribution is -0.124. The summed E-state index contributed by atoms with van der Waals surface area (Å²) in [5.41, 5.74) is 0.850. The van der Waals surface area contributed by atoms with Crippen molar-refractivity contribution in [1.82, 2.24) is 5.32 Å². The Morgan fingerprint density at radius 1 is 1.33 bits per heavy atom. The molecule has 0 spiro atoms. The van der Waals surface area contributed by atoms with Crippen molar-refractivity contribution in [2.45, 2.75) is 11.4 Å². The number of ether oxygens (including phenoxy) is 1. The predicted octanol–water partition coefficient (Wildman–Crippen LogP) is 1.80. The van der Waals surface area contributed by atoms with Gasteiger partial charge < -0.3 is 19.8 Å². The van der Waals surface area contributed by atoms with Gasteiger partial charge in [0.1, 0.15) is 5.76 Å². The maximum atomic E-state index is 12.0. The molecule has 8 heteroatoms. The largest absolute Gasteiger partial charge is 0.467 e. The van der Waals surface area contributed by atoms with Crippen molar-refractivity contribution in [2.24, 2.45) is 0 Å². The highest BCUT2D eigenvalue weighted by atomic mass is 32.2. The van der Waals surface area contributed by atoms with Crippen LogP contribution < -0.4 is 10.6 Å². The average Bonchev–Trinajstić information content (AvgIpc) is 3.10. The third-order valence-electron chi connectivity index (χ3n) is 3.22. The average molecular weight is 346 g/mol. The van der Waals surface area contributed by atoms with Gasteiger partial charge in [0.2, 0.25) is 5.91 Å². The van der Waals surface area contributed by atoms with Crippen molar-refractivity contribution in [3.63, 3.8) is 0 Å². The summed E-state index contributed by atoms with van der Waals surface area (Å²) in [6.07, 6.45) is 1.51. The number of thioether (sulfide) groups is 1. The highest BCUT2D eigenvalue weighted by Gasteiger charge is 2.18. The minimum absolute atomic E-state index is 0.115. The molecule has 2 N–H and O–H groups in total. The summed E-state index contributed by atoms with van der Waals surface area (Å²) in [7, 11) is 0. The second kappa shape index (κ2) is 7.22. The maximum absolute atomic E-state index is 12.0. The van der Waals surface area contributed by atoms with E-state index < -0.39 is 18.5 Å². The molecular formula is C16H14N2O5S. The van der Waals surface area contributed by atoms with Crippen LogP contribution in [0, 0.1) is 0 Å². The van der Waals surface area contributed by atoms with Gasteiger partial charge >= 0.3 is 5.97 Å². The lowest BCUT2D eigenvalue weighted by Crippen LogP contribution is -2.28. The van der Waals surface area contributed by atoms with Crippen LogP contribution in [0.5, 0.6) is 0 Å². The number of hydrogen-bond acceptors (Lipinski definition) is 6. The molecule has 3 rings (SSSR count). The standard InChI is InChI=1S/C16H14N2O5S/c19-14(17-7-11-2-1-5-22-11)8-23-16(21)10-3-4-13-12(6-10)18-15(20)9-24-13/h1-6H,7-9H2,(H,17,19)(H,18,20). The number of carbonyl (C=O) groups excluding carboxylic acids is 3. The molecule has 1 aliphatic rings. The molecule has 2 aromatic rings. The van der Waals surface area contributed by atoms with Gasteiger partial charge in [0.25, 0.3) is 5.91 Å². The maximum Gasteiger partial charge on any atom is 0.338 e. The number of esters is 1. The van der Waals surface area contributed by atoms with Gasteiger partial charge in [-0.15, -0.1) is 11.8 Å². The van der Waals surface area contributed by atoms with Gasteiger partial charge in [0.05, 0.1) is 29.8 Å². The van der Waals surface area contributed by atoms with Crippen LogP contribution in [0.3, 0.4) is 0 Å². The van der Waals surface area contributed by atoms with Crippen molar-refractivity contribution >= 4 is 35.2 Å². The smallest absolute Gasteiger partial charge is 0.338 e. The first-order valence-corrected chi connectivity index (χ1v) is 8.13. The Balaban J connectivity index is 1.52. The van der Waals surface area contributed by atoms with E-state index in [0.29, 0.717) is 17.2 Å². The Kier molecular flexibility index (Phi) is 4.85. The number of rotatable bonds is 5. The second-order valence-corrected chi connectivity index (χ2v) is 6.00. The van der Waals surface area contributed by atoms with Crippen molar-refractivity contribution in [3.05, 3.63) is 47.9 Å². The third-order valence-corrected chi connectivity index (χ3v) is 4.30. The molecule has 0 saturated heterocycles. The molecule has 2 heterocycles. The van der Waals surface area contributed by atoms with Crippen LogP contribution in [0.2, 0.25) is 0 Å². The number of fused-ring (bicyclic) bond motifs is 1. The van der Waals surface area contributed by atoms with Crippen LogP contribution in [0.15, 0.2) is 45.9 Å². The van der Waals surface area contributed by atoms with Crippen LogP contribution in [0.25, 0.3) is 0 Å². The van der Waals surface area contributed by atoms with E-state index >= 15 is 0 Å². The first kappa shape index (κ1) is 16.1. The minimum atomic E-state index is -0.629. The molecule has 0 saturated carbocycles. The Bertz CT molecular complexity index is 773. The number of carbonyl (C=O) groups is 3. The summed E-state index contributed by atoms with van der Waals surface area (Å²) >= 11 is 1.40. The molecule has 7 nitrogen and oxygen atoms in total. The lowest BCUT2D eigenvalue weighted by Gasteiger charge is -2.16. The normalized spacial score (nSPS) is 12.9. The number of furan rings is 1. The van der Waals surface area contributed by atoms with E-state index in [9.17, 15) is 14.4 Å². The SMILES string of the molecule is O=C(COC(=O)c1ccc2c(c1)NC(=O)CS2)NCc1ccco1. The topological polar surface area (TPSA) is 97.6 Å². The van der Waals surface area contributed by atoms with Gasteiger partial charge in [0.15, 0.2) is 6.61 Å². The molecule has 24 heavy (non-hydrogen) atoms. The highest BCUT2D eigenvalue weighted by molar-refractivity contribution is 8.00. The van der Waals surface area contributed by atoms with E-state index in [1.165, 1.54) is 18.0 Å². The molecule has 1 aromatic carbocycles. The summed E-state index contributed by atoms with van der Waals surface area (Å²) in [6.45, 7) is -0.163. The fourth-order valence-corrected chi connectivity index (χ4v) is 2.86. The van der Waals surface area contributed by atoms with Gasteiger partial charge in [-0.05, 0) is 30.3 Å². The van der Waals surface area contributed by atoms with E-state index in [1.807, 2.05) is 0 Å². The molecule has 0 radical (unpaired) electrons. The second-order valence-electron chi connectivity index (χ2n) is 4.98. The van der Waals surface area contributed by atoms with Crippen molar-refractivity contribution in [2.75, 3.05) is 17.7 Å². The summed E-state index contributed by atoms with van der Waals surface area (Å²) < 4.78 is 10.1. The molecule has 0 fully saturated rings. The Morgan fingerprint density at radius 3 is 3.00 bits per heavy atom. The lowest BCUT2D eigenvalue weighted by atomic mass is 10.2. The van der Waals surface area contributed by atoms with Crippen LogP contribution in [-0.4, -0.2) is 30.1 Å². The van der Waals surface area contributed by atoms with Crippen molar-refractivity contribution in [1.29, 1.82) is 0 Å². The third kappa shape index (κ3) is 3.96. The van der Waals surface area contributed by atoms with E-state index in [0.717, 1.165) is 4.90 Å². The number of hydrogen-bond donors (Lipinski definition) is 2. The number of nitrogens with one attached hydrogen (secondary N) is 2. The zero-order valence-electron chi connectivity index (χ0n) is 12.5. The molecule has 124 valence electrons. The van der Waals surface area contributed by atoms with E-state index in [1.54, 1.807) is 30.3 Å². The van der Waals surface area contributed by atoms with E-state index in [2.05, 4.69) is 10.6 Å². The highest BCUT2D eigenvalue weighted by Crippen LogP contribution is 2.32. The number of amides is 2. The summed E-state index contributed by atoms with van der Waals surface area (Å²) in [6, 6.07) is 8.34. The molecule has 0 unspecified atom stereocenters. The molecular weight excluding hydrogens is 332 g/mol.